The van der Waals surface area contributed by atoms with Gasteiger partial charge in [-0.15, -0.1) is 23.5 Å². The molecule has 5 nitrogen and oxygen atoms in total. The van der Waals surface area contributed by atoms with Gasteiger partial charge >= 0.3 is 0 Å². The Hall–Kier alpha value is -1.45. The maximum absolute atomic E-state index is 12.5. The van der Waals surface area contributed by atoms with Crippen LogP contribution >= 0.6 is 35.1 Å². The summed E-state index contributed by atoms with van der Waals surface area (Å²) in [7, 11) is 0.861. The molecular formula is C37H53ClN2O3S3. The minimum atomic E-state index is -1.41. The van der Waals surface area contributed by atoms with Crippen LogP contribution in [0.5, 0.6) is 5.75 Å². The molecule has 0 aromatic heterocycles. The molecule has 254 valence electrons. The summed E-state index contributed by atoms with van der Waals surface area (Å²) in [6.07, 6.45) is 12.1. The van der Waals surface area contributed by atoms with Crippen LogP contribution in [-0.4, -0.2) is 63.1 Å². The van der Waals surface area contributed by atoms with Gasteiger partial charge in [0.2, 0.25) is 0 Å². The van der Waals surface area contributed by atoms with Crippen LogP contribution in [0.4, 0.5) is 0 Å². The van der Waals surface area contributed by atoms with E-state index in [1.54, 1.807) is 12.1 Å². The Labute approximate surface area is 294 Å². The number of amides is 1. The smallest absolute Gasteiger partial charge is 0.262 e. The van der Waals surface area contributed by atoms with E-state index in [1.165, 1.54) is 41.9 Å². The molecule has 1 saturated carbocycles. The number of nitrogens with zero attached hydrogens (tertiary/aromatic N) is 1. The predicted octanol–water partition coefficient (Wildman–Crippen LogP) is 8.99. The quantitative estimate of drug-likeness (QED) is 0.166. The summed E-state index contributed by atoms with van der Waals surface area (Å²) in [5, 5.41) is 0.630. The first-order valence-electron chi connectivity index (χ1n) is 17.0. The highest BCUT2D eigenvalue weighted by molar-refractivity contribution is 8.17. The highest BCUT2D eigenvalue weighted by atomic mass is 35.5. The van der Waals surface area contributed by atoms with Gasteiger partial charge in [0.1, 0.15) is 16.7 Å². The first kappa shape index (κ1) is 37.4. The molecule has 1 aliphatic carbocycles. The lowest BCUT2D eigenvalue weighted by Crippen LogP contribution is -2.43. The highest BCUT2D eigenvalue weighted by Crippen LogP contribution is 2.48. The minimum Gasteiger partial charge on any atom is -0.493 e. The molecule has 1 heterocycles. The standard InChI is InChI=1S/C37H53ClN2O3S3/c1-6-8-11-35(37-44-20-9-21-45-37)34-18-14-29(34)23-40(5)24-30(33-19-15-31(38)22-28(33)10-7-2)25-43-32-16-12-27(13-17-32)36(41)39-46(42)26(3)4/h8,11-13,15-17,19,22,26,29-30,34-35,37H,6-7,9-10,14,18,20-21,23-25H2,1-5H3,(H,39,41)/b11-8+. The zero-order valence-electron chi connectivity index (χ0n) is 28.2. The third-order valence-corrected chi connectivity index (χ3v) is 13.7. The molecule has 1 saturated heterocycles. The summed E-state index contributed by atoms with van der Waals surface area (Å²) in [6, 6.07) is 13.4. The molecule has 5 atom stereocenters. The van der Waals surface area contributed by atoms with Crippen LogP contribution in [0.15, 0.2) is 54.6 Å². The van der Waals surface area contributed by atoms with E-state index in [9.17, 15) is 9.00 Å². The van der Waals surface area contributed by atoms with Crippen molar-refractivity contribution in [2.45, 2.75) is 82.0 Å². The second kappa shape index (κ2) is 18.9. The maximum Gasteiger partial charge on any atom is 0.262 e. The van der Waals surface area contributed by atoms with Crippen LogP contribution < -0.4 is 9.46 Å². The Bertz CT molecular complexity index is 1300. The van der Waals surface area contributed by atoms with Gasteiger partial charge in [-0.05, 0) is 124 Å². The molecule has 5 unspecified atom stereocenters. The minimum absolute atomic E-state index is 0.142. The Morgan fingerprint density at radius 3 is 2.50 bits per heavy atom. The van der Waals surface area contributed by atoms with Gasteiger partial charge in [-0.25, -0.2) is 4.21 Å². The molecule has 2 fully saturated rings. The van der Waals surface area contributed by atoms with E-state index in [1.807, 2.05) is 32.0 Å². The van der Waals surface area contributed by atoms with Crippen molar-refractivity contribution in [3.05, 3.63) is 76.3 Å². The zero-order chi connectivity index (χ0) is 33.1. The number of nitrogens with one attached hydrogen (secondary N) is 1. The molecule has 9 heteroatoms. The average molecular weight is 705 g/mol. The first-order valence-corrected chi connectivity index (χ1v) is 20.7. The van der Waals surface area contributed by atoms with Crippen LogP contribution in [0.25, 0.3) is 0 Å². The van der Waals surface area contributed by atoms with Gasteiger partial charge < -0.3 is 9.64 Å². The topological polar surface area (TPSA) is 58.6 Å². The van der Waals surface area contributed by atoms with Gasteiger partial charge in [0, 0.05) is 40.8 Å². The lowest BCUT2D eigenvalue weighted by Gasteiger charge is -2.46. The third-order valence-electron chi connectivity index (χ3n) is 9.06. The van der Waals surface area contributed by atoms with Crippen molar-refractivity contribution >= 4 is 52.0 Å². The SMILES string of the molecule is CC/C=C/C(C1SCCCS1)C1CCC1CN(C)CC(COc1ccc(C(=O)NS(=O)C(C)C)cc1)c1ccc(Cl)cc1CCC. The molecule has 1 N–H and O–H groups in total. The second-order valence-electron chi connectivity index (χ2n) is 13.0. The van der Waals surface area contributed by atoms with E-state index in [-0.39, 0.29) is 17.1 Å². The fourth-order valence-electron chi connectivity index (χ4n) is 6.50. The number of allylic oxidation sites excluding steroid dienone is 2. The number of hydrogen-bond acceptors (Lipinski definition) is 6. The molecule has 4 rings (SSSR count). The zero-order valence-corrected chi connectivity index (χ0v) is 31.4. The number of hydrogen-bond donors (Lipinski definition) is 1. The van der Waals surface area contributed by atoms with E-state index < -0.39 is 11.0 Å². The number of benzene rings is 2. The Kier molecular flexibility index (Phi) is 15.4. The van der Waals surface area contributed by atoms with Crippen LogP contribution in [-0.2, 0) is 17.4 Å². The fraction of sp³-hybridized carbons (Fsp3) is 0.595. The number of carbonyl (C=O) groups excluding carboxylic acids is 1. The second-order valence-corrected chi connectivity index (χ2v) is 18.0. The maximum atomic E-state index is 12.5. The summed E-state index contributed by atoms with van der Waals surface area (Å²) < 4.78 is 21.7. The average Bonchev–Trinajstić information content (AvgIpc) is 3.04. The molecule has 2 aromatic rings. The number of likely N-dealkylation sites (N-methyl/N-ethyl adjacent to an activating group) is 1. The van der Waals surface area contributed by atoms with E-state index >= 15 is 0 Å². The molecule has 46 heavy (non-hydrogen) atoms. The lowest BCUT2D eigenvalue weighted by atomic mass is 9.67. The van der Waals surface area contributed by atoms with Crippen LogP contribution in [0.2, 0.25) is 5.02 Å². The summed E-state index contributed by atoms with van der Waals surface area (Å²) >= 11 is 10.8. The van der Waals surface area contributed by atoms with Crippen LogP contribution in [0.3, 0.4) is 0 Å². The summed E-state index contributed by atoms with van der Waals surface area (Å²) in [5.41, 5.74) is 3.06. The molecule has 1 aliphatic heterocycles. The number of aryl methyl sites for hydroxylation is 1. The van der Waals surface area contributed by atoms with E-state index in [0.717, 1.165) is 43.3 Å². The fourth-order valence-corrected chi connectivity index (χ4v) is 10.5. The Morgan fingerprint density at radius 1 is 1.13 bits per heavy atom. The van der Waals surface area contributed by atoms with Crippen molar-refractivity contribution in [2.75, 3.05) is 38.2 Å². The van der Waals surface area contributed by atoms with Gasteiger partial charge in [-0.2, -0.15) is 0 Å². The molecule has 0 spiro atoms. The summed E-state index contributed by atoms with van der Waals surface area (Å²) in [4.78, 5) is 15.1. The van der Waals surface area contributed by atoms with Crippen molar-refractivity contribution in [3.8, 4) is 5.75 Å². The molecule has 2 aromatic carbocycles. The highest BCUT2D eigenvalue weighted by Gasteiger charge is 2.40. The van der Waals surface area contributed by atoms with Crippen molar-refractivity contribution in [3.63, 3.8) is 0 Å². The largest absolute Gasteiger partial charge is 0.493 e. The molecule has 1 amide bonds. The monoisotopic (exact) mass is 704 g/mol. The van der Waals surface area contributed by atoms with E-state index in [0.29, 0.717) is 34.3 Å². The van der Waals surface area contributed by atoms with Gasteiger partial charge in [-0.1, -0.05) is 50.1 Å². The number of rotatable bonds is 17. The number of thioether (sulfide) groups is 2. The summed E-state index contributed by atoms with van der Waals surface area (Å²) in [5.74, 6) is 5.25. The molecular weight excluding hydrogens is 652 g/mol. The normalized spacial score (nSPS) is 20.9. The van der Waals surface area contributed by atoms with Crippen LogP contribution in [0.1, 0.15) is 87.2 Å². The van der Waals surface area contributed by atoms with Crippen molar-refractivity contribution < 1.29 is 13.7 Å². The predicted molar refractivity (Wildman–Crippen MR) is 201 cm³/mol. The molecule has 0 radical (unpaired) electrons. The van der Waals surface area contributed by atoms with Crippen LogP contribution in [0, 0.1) is 17.8 Å². The number of halogens is 1. The summed E-state index contributed by atoms with van der Waals surface area (Å²) in [6.45, 7) is 10.6. The van der Waals surface area contributed by atoms with Gasteiger partial charge in [0.25, 0.3) is 5.91 Å². The van der Waals surface area contributed by atoms with Crippen molar-refractivity contribution in [2.24, 2.45) is 17.8 Å². The van der Waals surface area contributed by atoms with Gasteiger partial charge in [-0.3, -0.25) is 9.52 Å². The first-order chi connectivity index (χ1) is 22.2. The molecule has 2 aliphatic rings. The lowest BCUT2D eigenvalue weighted by molar-refractivity contribution is 0.0885. The molecule has 0 bridgehead atoms. The van der Waals surface area contributed by atoms with E-state index in [2.05, 4.69) is 78.3 Å². The van der Waals surface area contributed by atoms with E-state index in [4.69, 9.17) is 16.3 Å². The number of carbonyl (C=O) groups is 1. The Balaban J connectivity index is 1.45. The number of ether oxygens (including phenoxy) is 1. The van der Waals surface area contributed by atoms with Crippen molar-refractivity contribution in [1.82, 2.24) is 9.62 Å². The third kappa shape index (κ3) is 10.8. The van der Waals surface area contributed by atoms with Gasteiger partial charge in [0.05, 0.1) is 11.2 Å². The van der Waals surface area contributed by atoms with Gasteiger partial charge in [0.15, 0.2) is 0 Å². The van der Waals surface area contributed by atoms with Crippen molar-refractivity contribution in [1.29, 1.82) is 0 Å². The Morgan fingerprint density at radius 2 is 1.87 bits per heavy atom.